The minimum Gasteiger partial charge on any atom is -0.480 e. The third-order valence-corrected chi connectivity index (χ3v) is 2.79. The summed E-state index contributed by atoms with van der Waals surface area (Å²) >= 11 is 0. The van der Waals surface area contributed by atoms with Gasteiger partial charge in [-0.2, -0.15) is 0 Å². The lowest BCUT2D eigenvalue weighted by atomic mass is 9.79. The lowest BCUT2D eigenvalue weighted by molar-refractivity contribution is -0.143. The van der Waals surface area contributed by atoms with Gasteiger partial charge in [-0.15, -0.1) is 0 Å². The summed E-state index contributed by atoms with van der Waals surface area (Å²) in [7, 11) is 0. The Morgan fingerprint density at radius 1 is 1.47 bits per heavy atom. The van der Waals surface area contributed by atoms with E-state index in [0.717, 1.165) is 5.56 Å². The van der Waals surface area contributed by atoms with Crippen LogP contribution in [0, 0.1) is 0 Å². The Bertz CT molecular complexity index is 333. The monoisotopic (exact) mass is 207 g/mol. The summed E-state index contributed by atoms with van der Waals surface area (Å²) in [5, 5.41) is 9.08. The van der Waals surface area contributed by atoms with Crippen LogP contribution in [0.25, 0.3) is 0 Å². The Balaban J connectivity index is 3.05. The molecule has 0 bridgehead atoms. The molecule has 0 radical (unpaired) electrons. The van der Waals surface area contributed by atoms with E-state index in [9.17, 15) is 4.79 Å². The lowest BCUT2D eigenvalue weighted by Crippen LogP contribution is -2.50. The van der Waals surface area contributed by atoms with Crippen LogP contribution in [0.3, 0.4) is 0 Å². The predicted molar refractivity (Wildman–Crippen MR) is 59.7 cm³/mol. The van der Waals surface area contributed by atoms with Crippen molar-refractivity contribution in [2.75, 3.05) is 0 Å². The third-order valence-electron chi connectivity index (χ3n) is 2.79. The quantitative estimate of drug-likeness (QED) is 0.793. The van der Waals surface area contributed by atoms with E-state index in [-0.39, 0.29) is 5.92 Å². The fourth-order valence-electron chi connectivity index (χ4n) is 1.84. The summed E-state index contributed by atoms with van der Waals surface area (Å²) in [6, 6.07) is 9.54. The van der Waals surface area contributed by atoms with Crippen molar-refractivity contribution >= 4 is 5.97 Å². The summed E-state index contributed by atoms with van der Waals surface area (Å²) < 4.78 is 0. The number of benzene rings is 1. The molecule has 2 unspecified atom stereocenters. The number of rotatable bonds is 4. The molecule has 1 rings (SSSR count). The van der Waals surface area contributed by atoms with Gasteiger partial charge in [0.05, 0.1) is 0 Å². The molecule has 2 atom stereocenters. The van der Waals surface area contributed by atoms with Gasteiger partial charge in [-0.25, -0.2) is 0 Å². The molecule has 3 heteroatoms. The summed E-state index contributed by atoms with van der Waals surface area (Å²) in [5.41, 5.74) is 5.61. The Morgan fingerprint density at radius 2 is 2.00 bits per heavy atom. The molecule has 3 N–H and O–H groups in total. The van der Waals surface area contributed by atoms with Crippen molar-refractivity contribution in [1.82, 2.24) is 0 Å². The summed E-state index contributed by atoms with van der Waals surface area (Å²) in [6.07, 6.45) is 0.712. The molecule has 1 aromatic carbocycles. The molecule has 0 aliphatic heterocycles. The Kier molecular flexibility index (Phi) is 3.48. The van der Waals surface area contributed by atoms with Crippen molar-refractivity contribution in [3.63, 3.8) is 0 Å². The maximum Gasteiger partial charge on any atom is 0.324 e. The first-order valence-electron chi connectivity index (χ1n) is 5.07. The maximum absolute atomic E-state index is 11.1. The molecule has 1 aromatic rings. The van der Waals surface area contributed by atoms with Gasteiger partial charge in [0.25, 0.3) is 0 Å². The number of hydrogen-bond acceptors (Lipinski definition) is 2. The van der Waals surface area contributed by atoms with Gasteiger partial charge in [0.2, 0.25) is 0 Å². The molecular formula is C12H17NO2. The van der Waals surface area contributed by atoms with Gasteiger partial charge in [0.1, 0.15) is 5.54 Å². The van der Waals surface area contributed by atoms with E-state index in [0.29, 0.717) is 6.42 Å². The number of carboxylic acids is 1. The number of nitrogens with two attached hydrogens (primary N) is 1. The zero-order valence-electron chi connectivity index (χ0n) is 9.10. The summed E-state index contributed by atoms with van der Waals surface area (Å²) in [4.78, 5) is 11.1. The van der Waals surface area contributed by atoms with E-state index in [1.807, 2.05) is 37.3 Å². The molecule has 15 heavy (non-hydrogen) atoms. The third kappa shape index (κ3) is 2.36. The van der Waals surface area contributed by atoms with Crippen molar-refractivity contribution in [2.24, 2.45) is 5.73 Å². The van der Waals surface area contributed by atoms with Gasteiger partial charge in [-0.1, -0.05) is 37.3 Å². The van der Waals surface area contributed by atoms with Gasteiger partial charge in [0, 0.05) is 5.92 Å². The second-order valence-corrected chi connectivity index (χ2v) is 3.96. The van der Waals surface area contributed by atoms with Crippen molar-refractivity contribution < 1.29 is 9.90 Å². The molecule has 0 aromatic heterocycles. The van der Waals surface area contributed by atoms with Gasteiger partial charge >= 0.3 is 5.97 Å². The van der Waals surface area contributed by atoms with E-state index in [4.69, 9.17) is 10.8 Å². The zero-order valence-corrected chi connectivity index (χ0v) is 9.10. The molecule has 0 amide bonds. The first kappa shape index (κ1) is 11.7. The minimum atomic E-state index is -1.21. The molecule has 0 aliphatic rings. The molecule has 0 saturated carbocycles. The molecule has 0 heterocycles. The molecule has 0 saturated heterocycles. The standard InChI is InChI=1S/C12H17NO2/c1-3-10(12(2,13)11(14)15)9-7-5-4-6-8-9/h4-8,10H,3,13H2,1-2H3,(H,14,15). The van der Waals surface area contributed by atoms with E-state index in [2.05, 4.69) is 0 Å². The van der Waals surface area contributed by atoms with Crippen LogP contribution in [0.1, 0.15) is 31.7 Å². The topological polar surface area (TPSA) is 63.3 Å². The normalized spacial score (nSPS) is 16.7. The molecule has 0 aliphatic carbocycles. The van der Waals surface area contributed by atoms with Crippen LogP contribution in [0.2, 0.25) is 0 Å². The van der Waals surface area contributed by atoms with Crippen LogP contribution in [-0.2, 0) is 4.79 Å². The van der Waals surface area contributed by atoms with E-state index < -0.39 is 11.5 Å². The number of carboxylic acid groups (broad SMARTS) is 1. The minimum absolute atomic E-state index is 0.156. The Labute approximate surface area is 89.9 Å². The summed E-state index contributed by atoms with van der Waals surface area (Å²) in [5.74, 6) is -1.12. The molecule has 0 fully saturated rings. The second-order valence-electron chi connectivity index (χ2n) is 3.96. The maximum atomic E-state index is 11.1. The van der Waals surface area contributed by atoms with E-state index >= 15 is 0 Å². The number of hydrogen-bond donors (Lipinski definition) is 2. The van der Waals surface area contributed by atoms with Crippen LogP contribution in [-0.4, -0.2) is 16.6 Å². The molecule has 82 valence electrons. The molecular weight excluding hydrogens is 190 g/mol. The summed E-state index contributed by atoms with van der Waals surface area (Å²) in [6.45, 7) is 3.52. The van der Waals surface area contributed by atoms with Crippen molar-refractivity contribution in [2.45, 2.75) is 31.7 Å². The highest BCUT2D eigenvalue weighted by Gasteiger charge is 2.37. The molecule has 0 spiro atoms. The number of carbonyl (C=O) groups is 1. The van der Waals surface area contributed by atoms with E-state index in [1.165, 1.54) is 0 Å². The van der Waals surface area contributed by atoms with Crippen molar-refractivity contribution in [3.8, 4) is 0 Å². The first-order valence-corrected chi connectivity index (χ1v) is 5.07. The van der Waals surface area contributed by atoms with Crippen LogP contribution in [0.15, 0.2) is 30.3 Å². The highest BCUT2D eigenvalue weighted by molar-refractivity contribution is 5.79. The Hall–Kier alpha value is -1.35. The van der Waals surface area contributed by atoms with Gasteiger partial charge in [-0.3, -0.25) is 4.79 Å². The van der Waals surface area contributed by atoms with Crippen LogP contribution in [0.4, 0.5) is 0 Å². The van der Waals surface area contributed by atoms with Crippen LogP contribution < -0.4 is 5.73 Å². The van der Waals surface area contributed by atoms with Gasteiger partial charge in [0.15, 0.2) is 0 Å². The SMILES string of the molecule is CCC(c1ccccc1)C(C)(N)C(=O)O. The van der Waals surface area contributed by atoms with Crippen LogP contribution in [0.5, 0.6) is 0 Å². The fourth-order valence-corrected chi connectivity index (χ4v) is 1.84. The van der Waals surface area contributed by atoms with Crippen molar-refractivity contribution in [3.05, 3.63) is 35.9 Å². The average molecular weight is 207 g/mol. The first-order chi connectivity index (χ1) is 7.00. The average Bonchev–Trinajstić information content (AvgIpc) is 2.19. The molecule has 3 nitrogen and oxygen atoms in total. The smallest absolute Gasteiger partial charge is 0.324 e. The Morgan fingerprint density at radius 3 is 2.40 bits per heavy atom. The highest BCUT2D eigenvalue weighted by atomic mass is 16.4. The van der Waals surface area contributed by atoms with Gasteiger partial charge < -0.3 is 10.8 Å². The fraction of sp³-hybridized carbons (Fsp3) is 0.417. The highest BCUT2D eigenvalue weighted by Crippen LogP contribution is 2.29. The zero-order chi connectivity index (χ0) is 11.5. The van der Waals surface area contributed by atoms with E-state index in [1.54, 1.807) is 6.92 Å². The predicted octanol–water partition coefficient (Wildman–Crippen LogP) is 1.98. The van der Waals surface area contributed by atoms with Crippen molar-refractivity contribution in [1.29, 1.82) is 0 Å². The van der Waals surface area contributed by atoms with Gasteiger partial charge in [-0.05, 0) is 18.9 Å². The van der Waals surface area contributed by atoms with Crippen LogP contribution >= 0.6 is 0 Å². The number of aliphatic carboxylic acids is 1. The lowest BCUT2D eigenvalue weighted by Gasteiger charge is -2.29. The largest absolute Gasteiger partial charge is 0.480 e. The second kappa shape index (κ2) is 4.45.